The Labute approximate surface area is 261 Å². The molecule has 6 aromatic carbocycles. The third-order valence-corrected chi connectivity index (χ3v) is 9.04. The van der Waals surface area contributed by atoms with Crippen LogP contribution in [0, 0.1) is 6.92 Å². The molecular formula is C41H30N2O2. The van der Waals surface area contributed by atoms with E-state index in [0.717, 1.165) is 54.8 Å². The van der Waals surface area contributed by atoms with Gasteiger partial charge in [0.15, 0.2) is 0 Å². The Morgan fingerprint density at radius 3 is 1.56 bits per heavy atom. The van der Waals surface area contributed by atoms with Crippen LogP contribution in [0.5, 0.6) is 0 Å². The minimum atomic E-state index is -0.264. The van der Waals surface area contributed by atoms with E-state index < -0.39 is 0 Å². The summed E-state index contributed by atoms with van der Waals surface area (Å²) in [5.74, 6) is -0.527. The third-order valence-electron chi connectivity index (χ3n) is 9.04. The summed E-state index contributed by atoms with van der Waals surface area (Å²) in [6, 6.07) is 46.8. The van der Waals surface area contributed by atoms with Crippen LogP contribution in [-0.2, 0) is 22.7 Å². The highest BCUT2D eigenvalue weighted by molar-refractivity contribution is 6.51. The molecule has 0 unspecified atom stereocenters. The average Bonchev–Trinajstić information content (AvgIpc) is 3.48. The summed E-state index contributed by atoms with van der Waals surface area (Å²) in [6.07, 6.45) is 0. The molecule has 0 atom stereocenters. The lowest BCUT2D eigenvalue weighted by molar-refractivity contribution is -0.136. The molecule has 0 spiro atoms. The molecule has 0 N–H and O–H groups in total. The molecule has 45 heavy (non-hydrogen) atoms. The molecule has 0 saturated carbocycles. The molecule has 4 nitrogen and oxygen atoms in total. The maximum atomic E-state index is 14.8. The van der Waals surface area contributed by atoms with Gasteiger partial charge in [0.1, 0.15) is 0 Å². The number of nitrogens with zero attached hydrogens (tertiary/aromatic N) is 2. The average molecular weight is 583 g/mol. The predicted molar refractivity (Wildman–Crippen MR) is 182 cm³/mol. The lowest BCUT2D eigenvalue weighted by Crippen LogP contribution is -2.31. The van der Waals surface area contributed by atoms with E-state index in [2.05, 4.69) is 66.1 Å². The number of aromatic nitrogens is 1. The number of benzene rings is 6. The van der Waals surface area contributed by atoms with Crippen molar-refractivity contribution in [1.29, 1.82) is 0 Å². The van der Waals surface area contributed by atoms with E-state index in [9.17, 15) is 9.59 Å². The highest BCUT2D eigenvalue weighted by atomic mass is 16.2. The minimum Gasteiger partial charge on any atom is -0.340 e. The monoisotopic (exact) mass is 582 g/mol. The maximum absolute atomic E-state index is 14.8. The van der Waals surface area contributed by atoms with Crippen LogP contribution in [0.25, 0.3) is 43.6 Å². The smallest absolute Gasteiger partial charge is 0.262 e. The fourth-order valence-corrected chi connectivity index (χ4v) is 6.95. The van der Waals surface area contributed by atoms with E-state index in [4.69, 9.17) is 0 Å². The molecule has 4 heteroatoms. The summed E-state index contributed by atoms with van der Waals surface area (Å²) in [5.41, 5.74) is 6.64. The molecular weight excluding hydrogens is 552 g/mol. The fraction of sp³-hybridized carbons (Fsp3) is 0.0732. The van der Waals surface area contributed by atoms with Crippen LogP contribution in [0.1, 0.15) is 27.9 Å². The molecule has 1 aliphatic rings. The normalized spacial score (nSPS) is 13.6. The first-order valence-electron chi connectivity index (χ1n) is 15.3. The number of carbonyl (C=O) groups excluding carboxylic acids is 2. The van der Waals surface area contributed by atoms with E-state index in [1.54, 1.807) is 0 Å². The molecule has 0 bridgehead atoms. The molecule has 1 aliphatic heterocycles. The topological polar surface area (TPSA) is 42.3 Å². The van der Waals surface area contributed by atoms with E-state index in [-0.39, 0.29) is 18.4 Å². The fourth-order valence-electron chi connectivity index (χ4n) is 6.95. The highest BCUT2D eigenvalue weighted by Gasteiger charge is 2.42. The Balaban J connectivity index is 1.45. The second-order valence-corrected chi connectivity index (χ2v) is 11.7. The van der Waals surface area contributed by atoms with Crippen LogP contribution in [-0.4, -0.2) is 21.3 Å². The quantitative estimate of drug-likeness (QED) is 0.145. The van der Waals surface area contributed by atoms with Gasteiger partial charge in [-0.1, -0.05) is 127 Å². The molecule has 0 radical (unpaired) electrons. The van der Waals surface area contributed by atoms with Crippen molar-refractivity contribution in [2.24, 2.45) is 0 Å². The summed E-state index contributed by atoms with van der Waals surface area (Å²) in [6.45, 7) is 2.93. The summed E-state index contributed by atoms with van der Waals surface area (Å²) < 4.78 is 2.27. The van der Waals surface area contributed by atoms with E-state index in [0.29, 0.717) is 17.7 Å². The second-order valence-electron chi connectivity index (χ2n) is 11.7. The van der Waals surface area contributed by atoms with Crippen molar-refractivity contribution >= 4 is 55.4 Å². The highest BCUT2D eigenvalue weighted by Crippen LogP contribution is 2.45. The Bertz CT molecular complexity index is 2260. The first-order valence-corrected chi connectivity index (χ1v) is 15.3. The number of para-hydroxylation sites is 1. The summed E-state index contributed by atoms with van der Waals surface area (Å²) >= 11 is 0. The van der Waals surface area contributed by atoms with Gasteiger partial charge in [-0.15, -0.1) is 0 Å². The van der Waals surface area contributed by atoms with Crippen LogP contribution in [0.3, 0.4) is 0 Å². The SMILES string of the molecule is Cc1c(C2=C(c3c4ccccc4cc4ccccc34)C(=O)N(Cc3ccccc3)C2=O)c2ccccc2n1Cc1ccccc1. The standard InChI is InChI=1S/C41H30N2O2/c1-27-36(34-22-12-13-23-35(34)42(27)25-28-14-4-2-5-15-28)38-39(41(45)43(40(38)44)26-29-16-6-3-7-17-29)37-32-20-10-8-18-30(32)24-31-19-9-11-21-33(31)37/h2-24H,25-26H2,1H3. The number of amides is 2. The largest absolute Gasteiger partial charge is 0.340 e. The summed E-state index contributed by atoms with van der Waals surface area (Å²) in [5, 5.41) is 4.94. The van der Waals surface area contributed by atoms with E-state index in [1.807, 2.05) is 84.9 Å². The summed E-state index contributed by atoms with van der Waals surface area (Å²) in [4.78, 5) is 31.0. The number of imide groups is 1. The van der Waals surface area contributed by atoms with Crippen molar-refractivity contribution in [3.63, 3.8) is 0 Å². The minimum absolute atomic E-state index is 0.204. The number of hydrogen-bond acceptors (Lipinski definition) is 2. The van der Waals surface area contributed by atoms with E-state index >= 15 is 0 Å². The van der Waals surface area contributed by atoms with Gasteiger partial charge < -0.3 is 4.57 Å². The predicted octanol–water partition coefficient (Wildman–Crippen LogP) is 8.78. The van der Waals surface area contributed by atoms with Crippen molar-refractivity contribution in [1.82, 2.24) is 9.47 Å². The third kappa shape index (κ3) is 4.37. The summed E-state index contributed by atoms with van der Waals surface area (Å²) in [7, 11) is 0. The van der Waals surface area contributed by atoms with Crippen LogP contribution >= 0.6 is 0 Å². The zero-order valence-electron chi connectivity index (χ0n) is 24.9. The first kappa shape index (κ1) is 26.9. The van der Waals surface area contributed by atoms with Gasteiger partial charge in [-0.25, -0.2) is 0 Å². The lowest BCUT2D eigenvalue weighted by atomic mass is 9.88. The molecule has 0 fully saturated rings. The second kappa shape index (κ2) is 10.8. The molecule has 0 aliphatic carbocycles. The van der Waals surface area contributed by atoms with Crippen molar-refractivity contribution in [3.8, 4) is 0 Å². The molecule has 7 aromatic rings. The van der Waals surface area contributed by atoms with Gasteiger partial charge in [-0.3, -0.25) is 14.5 Å². The van der Waals surface area contributed by atoms with Crippen molar-refractivity contribution < 1.29 is 9.59 Å². The molecule has 0 saturated heterocycles. The number of rotatable bonds is 6. The van der Waals surface area contributed by atoms with Gasteiger partial charge in [0.05, 0.1) is 17.7 Å². The first-order chi connectivity index (χ1) is 22.1. The Morgan fingerprint density at radius 1 is 0.489 bits per heavy atom. The van der Waals surface area contributed by atoms with Gasteiger partial charge in [0, 0.05) is 34.3 Å². The Morgan fingerprint density at radius 2 is 0.956 bits per heavy atom. The molecule has 2 amide bonds. The Kier molecular flexibility index (Phi) is 6.42. The molecule has 2 heterocycles. The molecule has 216 valence electrons. The van der Waals surface area contributed by atoms with Crippen molar-refractivity contribution in [2.75, 3.05) is 0 Å². The lowest BCUT2D eigenvalue weighted by Gasteiger charge is -2.16. The molecule has 8 rings (SSSR count). The van der Waals surface area contributed by atoms with Gasteiger partial charge in [-0.05, 0) is 51.7 Å². The zero-order chi connectivity index (χ0) is 30.5. The van der Waals surface area contributed by atoms with Crippen LogP contribution < -0.4 is 0 Å². The van der Waals surface area contributed by atoms with Crippen LogP contribution in [0.4, 0.5) is 0 Å². The number of carbonyl (C=O) groups is 2. The van der Waals surface area contributed by atoms with Crippen LogP contribution in [0.15, 0.2) is 140 Å². The Hall–Kier alpha value is -5.74. The van der Waals surface area contributed by atoms with Crippen molar-refractivity contribution in [2.45, 2.75) is 20.0 Å². The van der Waals surface area contributed by atoms with Crippen molar-refractivity contribution in [3.05, 3.63) is 167 Å². The van der Waals surface area contributed by atoms with E-state index in [1.165, 1.54) is 10.5 Å². The maximum Gasteiger partial charge on any atom is 0.262 e. The van der Waals surface area contributed by atoms with Gasteiger partial charge >= 0.3 is 0 Å². The number of fused-ring (bicyclic) bond motifs is 3. The number of hydrogen-bond donors (Lipinski definition) is 0. The van der Waals surface area contributed by atoms with Gasteiger partial charge in [0.2, 0.25) is 0 Å². The molecule has 1 aromatic heterocycles. The van der Waals surface area contributed by atoms with Gasteiger partial charge in [-0.2, -0.15) is 0 Å². The zero-order valence-corrected chi connectivity index (χ0v) is 24.9. The van der Waals surface area contributed by atoms with Gasteiger partial charge in [0.25, 0.3) is 11.8 Å². The van der Waals surface area contributed by atoms with Crippen LogP contribution in [0.2, 0.25) is 0 Å².